The van der Waals surface area contributed by atoms with Crippen molar-refractivity contribution >= 4 is 52.2 Å². The Bertz CT molecular complexity index is 123. The molecule has 0 aromatic heterocycles. The molecule has 0 unspecified atom stereocenters. The maximum absolute atomic E-state index is 5.79. The van der Waals surface area contributed by atoms with Crippen molar-refractivity contribution in [3.8, 4) is 0 Å². The van der Waals surface area contributed by atoms with Crippen LogP contribution in [0.4, 0.5) is 0 Å². The third-order valence-electron chi connectivity index (χ3n) is 2.56. The summed E-state index contributed by atoms with van der Waals surface area (Å²) in [5, 5.41) is 0. The highest BCUT2D eigenvalue weighted by atomic mass is 127. The number of unbranched alkanes of at least 4 members (excludes halogenated alkanes) is 8. The van der Waals surface area contributed by atoms with Crippen molar-refractivity contribution in [2.45, 2.75) is 63.8 Å². The minimum Gasteiger partial charge on any atom is -0.150 e. The van der Waals surface area contributed by atoms with Crippen LogP contribution in [0, 0.1) is 0 Å². The van der Waals surface area contributed by atoms with Gasteiger partial charge in [0.1, 0.15) is 0 Å². The van der Waals surface area contributed by atoms with Gasteiger partial charge in [0.25, 0.3) is 0 Å². The zero-order valence-electron chi connectivity index (χ0n) is 9.49. The third-order valence-corrected chi connectivity index (χ3v) is 5.47. The van der Waals surface area contributed by atoms with Crippen LogP contribution in [0.2, 0.25) is 6.04 Å². The lowest BCUT2D eigenvalue weighted by Gasteiger charge is -2.02. The second-order valence-corrected chi connectivity index (χ2v) is 10.3. The van der Waals surface area contributed by atoms with Crippen LogP contribution in [-0.2, 0) is 0 Å². The number of halogens is 3. The molecule has 0 nitrogen and oxygen atoms in total. The highest BCUT2D eigenvalue weighted by molar-refractivity contribution is 14.1. The van der Waals surface area contributed by atoms with Crippen molar-refractivity contribution in [1.82, 2.24) is 0 Å². The molecule has 0 aliphatic rings. The lowest BCUT2D eigenvalue weighted by atomic mass is 10.1. The van der Waals surface area contributed by atoms with Crippen molar-refractivity contribution in [3.05, 3.63) is 0 Å². The number of hydrogen-bond acceptors (Lipinski definition) is 0. The van der Waals surface area contributed by atoms with Crippen molar-refractivity contribution in [2.75, 3.05) is 4.43 Å². The molecule has 92 valence electrons. The Labute approximate surface area is 120 Å². The molecule has 0 saturated carbocycles. The zero-order valence-corrected chi connectivity index (χ0v) is 14.3. The molecule has 0 spiro atoms. The molecule has 0 aromatic carbocycles. The fraction of sp³-hybridized carbons (Fsp3) is 1.00. The van der Waals surface area contributed by atoms with Gasteiger partial charge in [0, 0.05) is 0 Å². The van der Waals surface area contributed by atoms with Crippen LogP contribution in [0.5, 0.6) is 0 Å². The van der Waals surface area contributed by atoms with Crippen LogP contribution in [0.25, 0.3) is 0 Å². The third kappa shape index (κ3) is 15.5. The SMILES string of the molecule is Cl[SiH](Cl)CCCCCCCCCCCI. The second-order valence-electron chi connectivity index (χ2n) is 4.05. The molecule has 0 amide bonds. The Morgan fingerprint density at radius 3 is 1.47 bits per heavy atom. The second kappa shape index (κ2) is 13.6. The Kier molecular flexibility index (Phi) is 15.0. The van der Waals surface area contributed by atoms with Crippen molar-refractivity contribution < 1.29 is 0 Å². The lowest BCUT2D eigenvalue weighted by Crippen LogP contribution is -1.91. The molecule has 0 aromatic rings. The van der Waals surface area contributed by atoms with Gasteiger partial charge in [0.2, 0.25) is 7.42 Å². The van der Waals surface area contributed by atoms with Crippen LogP contribution >= 0.6 is 44.7 Å². The van der Waals surface area contributed by atoms with Gasteiger partial charge in [0.05, 0.1) is 0 Å². The van der Waals surface area contributed by atoms with E-state index in [2.05, 4.69) is 22.6 Å². The first-order valence-electron chi connectivity index (χ1n) is 6.11. The Morgan fingerprint density at radius 1 is 0.667 bits per heavy atom. The van der Waals surface area contributed by atoms with Gasteiger partial charge in [-0.15, -0.1) is 0 Å². The van der Waals surface area contributed by atoms with E-state index in [0.29, 0.717) is 0 Å². The number of rotatable bonds is 11. The molecule has 0 N–H and O–H groups in total. The Balaban J connectivity index is 2.87. The van der Waals surface area contributed by atoms with Gasteiger partial charge in [-0.3, -0.25) is 0 Å². The first kappa shape index (κ1) is 16.5. The summed E-state index contributed by atoms with van der Waals surface area (Å²) >= 11 is 14.0. The predicted octanol–water partition coefficient (Wildman–Crippen LogP) is 5.63. The average Bonchev–Trinajstić information content (AvgIpc) is 2.20. The standard InChI is InChI=1S/C11H23Cl2ISi/c12-15(13)11-9-7-5-3-1-2-4-6-8-10-14/h15H,1-11H2. The van der Waals surface area contributed by atoms with E-state index < -0.39 is 7.42 Å². The van der Waals surface area contributed by atoms with E-state index in [1.165, 1.54) is 62.2 Å². The summed E-state index contributed by atoms with van der Waals surface area (Å²) in [5.74, 6) is 0. The van der Waals surface area contributed by atoms with E-state index in [0.717, 1.165) is 6.04 Å². The molecule has 0 radical (unpaired) electrons. The van der Waals surface area contributed by atoms with Gasteiger partial charge in [-0.1, -0.05) is 74.0 Å². The van der Waals surface area contributed by atoms with Crippen molar-refractivity contribution in [3.63, 3.8) is 0 Å². The van der Waals surface area contributed by atoms with Crippen LogP contribution < -0.4 is 0 Å². The van der Waals surface area contributed by atoms with E-state index >= 15 is 0 Å². The smallest absolute Gasteiger partial charge is 0.150 e. The maximum Gasteiger partial charge on any atom is 0.237 e. The van der Waals surface area contributed by atoms with Gasteiger partial charge in [-0.05, 0) is 16.9 Å². The van der Waals surface area contributed by atoms with Crippen LogP contribution in [0.15, 0.2) is 0 Å². The van der Waals surface area contributed by atoms with E-state index in [1.54, 1.807) is 0 Å². The first-order chi connectivity index (χ1) is 7.27. The maximum atomic E-state index is 5.79. The van der Waals surface area contributed by atoms with Crippen LogP contribution in [0.3, 0.4) is 0 Å². The van der Waals surface area contributed by atoms with E-state index in [-0.39, 0.29) is 0 Å². The minimum atomic E-state index is -1.30. The molecule has 15 heavy (non-hydrogen) atoms. The fourth-order valence-corrected chi connectivity index (χ4v) is 3.69. The monoisotopic (exact) mass is 380 g/mol. The summed E-state index contributed by atoms with van der Waals surface area (Å²) in [6, 6.07) is 1.10. The van der Waals surface area contributed by atoms with E-state index in [9.17, 15) is 0 Å². The van der Waals surface area contributed by atoms with Crippen LogP contribution in [0.1, 0.15) is 57.8 Å². The Hall–Kier alpha value is 1.53. The van der Waals surface area contributed by atoms with Gasteiger partial charge in [-0.25, -0.2) is 0 Å². The summed E-state index contributed by atoms with van der Waals surface area (Å²) in [4.78, 5) is 0. The molecule has 0 atom stereocenters. The Morgan fingerprint density at radius 2 is 1.07 bits per heavy atom. The lowest BCUT2D eigenvalue weighted by molar-refractivity contribution is 0.574. The summed E-state index contributed by atoms with van der Waals surface area (Å²) in [6.07, 6.45) is 12.5. The molecule has 0 heterocycles. The normalized spacial score (nSPS) is 11.2. The molecule has 0 fully saturated rings. The topological polar surface area (TPSA) is 0 Å². The molecule has 4 heteroatoms. The fourth-order valence-electron chi connectivity index (χ4n) is 1.63. The first-order valence-corrected chi connectivity index (χ1v) is 11.9. The van der Waals surface area contributed by atoms with Gasteiger partial charge in [0.15, 0.2) is 0 Å². The average molecular weight is 381 g/mol. The molecular weight excluding hydrogens is 358 g/mol. The van der Waals surface area contributed by atoms with E-state index in [1.807, 2.05) is 0 Å². The highest BCUT2D eigenvalue weighted by Gasteiger charge is 2.00. The number of hydrogen-bond donors (Lipinski definition) is 0. The molecule has 0 aliphatic carbocycles. The van der Waals surface area contributed by atoms with Gasteiger partial charge >= 0.3 is 0 Å². The van der Waals surface area contributed by atoms with Gasteiger partial charge < -0.3 is 0 Å². The minimum absolute atomic E-state index is 1.10. The number of alkyl halides is 1. The zero-order chi connectivity index (χ0) is 11.4. The highest BCUT2D eigenvalue weighted by Crippen LogP contribution is 2.13. The molecule has 0 saturated heterocycles. The predicted molar refractivity (Wildman–Crippen MR) is 84.1 cm³/mol. The summed E-state index contributed by atoms with van der Waals surface area (Å²) < 4.78 is 1.32. The largest absolute Gasteiger partial charge is 0.237 e. The molecule has 0 bridgehead atoms. The van der Waals surface area contributed by atoms with Crippen LogP contribution in [-0.4, -0.2) is 11.8 Å². The van der Waals surface area contributed by atoms with Gasteiger partial charge in [-0.2, -0.15) is 22.2 Å². The van der Waals surface area contributed by atoms with Crippen molar-refractivity contribution in [2.24, 2.45) is 0 Å². The van der Waals surface area contributed by atoms with Crippen molar-refractivity contribution in [1.29, 1.82) is 0 Å². The summed E-state index contributed by atoms with van der Waals surface area (Å²) in [7, 11) is -1.30. The molecular formula is C11H23Cl2ISi. The molecule has 0 rings (SSSR count). The van der Waals surface area contributed by atoms with E-state index in [4.69, 9.17) is 22.2 Å². The summed E-state index contributed by atoms with van der Waals surface area (Å²) in [5.41, 5.74) is 0. The molecule has 0 aliphatic heterocycles. The summed E-state index contributed by atoms with van der Waals surface area (Å²) in [6.45, 7) is 0. The quantitative estimate of drug-likeness (QED) is 0.143.